The molecule has 2 saturated heterocycles. The molecule has 96 valence electrons. The summed E-state index contributed by atoms with van der Waals surface area (Å²) in [6.45, 7) is 6.70. The van der Waals surface area contributed by atoms with Crippen LogP contribution in [0.4, 0.5) is 4.79 Å². The van der Waals surface area contributed by atoms with Gasteiger partial charge in [-0.3, -0.25) is 4.90 Å². The Bertz CT molecular complexity index is 301. The number of piperidine rings is 2. The molecule has 1 amide bonds. The second-order valence-corrected chi connectivity index (χ2v) is 5.83. The minimum atomic E-state index is -0.165. The van der Waals surface area contributed by atoms with Crippen LogP contribution in [-0.4, -0.2) is 55.2 Å². The number of amides is 1. The maximum atomic E-state index is 11.4. The maximum Gasteiger partial charge on any atom is 0.409 e. The van der Waals surface area contributed by atoms with Gasteiger partial charge < -0.3 is 9.64 Å². The van der Waals surface area contributed by atoms with Crippen LogP contribution in [0.5, 0.6) is 0 Å². The fourth-order valence-corrected chi connectivity index (χ4v) is 3.70. The van der Waals surface area contributed by atoms with E-state index in [1.165, 1.54) is 20.2 Å². The summed E-state index contributed by atoms with van der Waals surface area (Å²) in [5.74, 6) is 2.93. The van der Waals surface area contributed by atoms with E-state index in [1.807, 2.05) is 4.90 Å². The Hall–Kier alpha value is -0.770. The zero-order chi connectivity index (χ0) is 12.0. The number of carbonyl (C=O) groups is 1. The Morgan fingerprint density at radius 1 is 1.18 bits per heavy atom. The highest BCUT2D eigenvalue weighted by Crippen LogP contribution is 2.52. The van der Waals surface area contributed by atoms with Crippen LogP contribution in [0.2, 0.25) is 0 Å². The van der Waals surface area contributed by atoms with E-state index in [1.54, 1.807) is 0 Å². The van der Waals surface area contributed by atoms with Gasteiger partial charge in [0.15, 0.2) is 0 Å². The van der Waals surface area contributed by atoms with Crippen LogP contribution >= 0.6 is 0 Å². The van der Waals surface area contributed by atoms with Crippen LogP contribution in [0.15, 0.2) is 0 Å². The van der Waals surface area contributed by atoms with Crippen molar-refractivity contribution in [2.75, 3.05) is 33.3 Å². The van der Waals surface area contributed by atoms with E-state index in [2.05, 4.69) is 11.8 Å². The van der Waals surface area contributed by atoms with E-state index in [9.17, 15) is 4.79 Å². The topological polar surface area (TPSA) is 32.8 Å². The third-order valence-corrected chi connectivity index (χ3v) is 5.06. The number of hydrogen-bond acceptors (Lipinski definition) is 3. The molecule has 1 aliphatic carbocycles. The van der Waals surface area contributed by atoms with E-state index in [-0.39, 0.29) is 6.09 Å². The van der Waals surface area contributed by atoms with Crippen molar-refractivity contribution < 1.29 is 9.53 Å². The lowest BCUT2D eigenvalue weighted by molar-refractivity contribution is 0.0868. The molecule has 4 heteroatoms. The SMILES string of the molecule is COC(=O)N1CCC(N2CC3C(C)C3C2)CC1. The van der Waals surface area contributed by atoms with Crippen molar-refractivity contribution in [3.05, 3.63) is 0 Å². The number of hydrogen-bond donors (Lipinski definition) is 0. The van der Waals surface area contributed by atoms with Gasteiger partial charge in [0.25, 0.3) is 0 Å². The number of fused-ring (bicyclic) bond motifs is 1. The molecular weight excluding hydrogens is 216 g/mol. The maximum absolute atomic E-state index is 11.4. The Kier molecular flexibility index (Phi) is 2.77. The quantitative estimate of drug-likeness (QED) is 0.692. The van der Waals surface area contributed by atoms with Gasteiger partial charge in [-0.1, -0.05) is 6.92 Å². The molecule has 0 aromatic heterocycles. The summed E-state index contributed by atoms with van der Waals surface area (Å²) in [5.41, 5.74) is 0. The molecular formula is C13H22N2O2. The Balaban J connectivity index is 1.48. The van der Waals surface area contributed by atoms with E-state index in [0.717, 1.165) is 43.7 Å². The predicted molar refractivity (Wildman–Crippen MR) is 64.7 cm³/mol. The standard InChI is InChI=1S/C13H22N2O2/c1-9-11-7-15(8-12(9)11)10-3-5-14(6-4-10)13(16)17-2/h9-12H,3-8H2,1-2H3. The van der Waals surface area contributed by atoms with E-state index >= 15 is 0 Å². The fraction of sp³-hybridized carbons (Fsp3) is 0.923. The van der Waals surface area contributed by atoms with Gasteiger partial charge in [0.2, 0.25) is 0 Å². The average Bonchev–Trinajstić information content (AvgIpc) is 2.82. The van der Waals surface area contributed by atoms with E-state index in [0.29, 0.717) is 6.04 Å². The van der Waals surface area contributed by atoms with Crippen molar-refractivity contribution in [3.8, 4) is 0 Å². The number of likely N-dealkylation sites (tertiary alicyclic amines) is 2. The largest absolute Gasteiger partial charge is 0.453 e. The van der Waals surface area contributed by atoms with Gasteiger partial charge in [-0.05, 0) is 30.6 Å². The second-order valence-electron chi connectivity index (χ2n) is 5.83. The number of nitrogens with zero attached hydrogens (tertiary/aromatic N) is 2. The molecule has 0 N–H and O–H groups in total. The van der Waals surface area contributed by atoms with Crippen LogP contribution in [0, 0.1) is 17.8 Å². The normalized spacial score (nSPS) is 38.0. The smallest absolute Gasteiger partial charge is 0.409 e. The van der Waals surface area contributed by atoms with Crippen LogP contribution in [0.3, 0.4) is 0 Å². The molecule has 0 radical (unpaired) electrons. The summed E-state index contributed by atoms with van der Waals surface area (Å²) in [6, 6.07) is 0.705. The van der Waals surface area contributed by atoms with Gasteiger partial charge in [-0.15, -0.1) is 0 Å². The minimum Gasteiger partial charge on any atom is -0.453 e. The summed E-state index contributed by atoms with van der Waals surface area (Å²) in [4.78, 5) is 15.9. The van der Waals surface area contributed by atoms with Crippen LogP contribution < -0.4 is 0 Å². The molecule has 2 atom stereocenters. The van der Waals surface area contributed by atoms with E-state index < -0.39 is 0 Å². The number of carbonyl (C=O) groups excluding carboxylic acids is 1. The van der Waals surface area contributed by atoms with Crippen LogP contribution in [-0.2, 0) is 4.74 Å². The van der Waals surface area contributed by atoms with Gasteiger partial charge in [0.05, 0.1) is 7.11 Å². The zero-order valence-corrected chi connectivity index (χ0v) is 10.8. The number of methoxy groups -OCH3 is 1. The first kappa shape index (κ1) is 11.3. The molecule has 4 nitrogen and oxygen atoms in total. The van der Waals surface area contributed by atoms with Gasteiger partial charge in [0, 0.05) is 32.2 Å². The van der Waals surface area contributed by atoms with Gasteiger partial charge in [-0.25, -0.2) is 4.79 Å². The fourth-order valence-electron chi connectivity index (χ4n) is 3.70. The molecule has 17 heavy (non-hydrogen) atoms. The van der Waals surface area contributed by atoms with Crippen molar-refractivity contribution in [1.29, 1.82) is 0 Å². The zero-order valence-electron chi connectivity index (χ0n) is 10.8. The average molecular weight is 238 g/mol. The summed E-state index contributed by atoms with van der Waals surface area (Å²) >= 11 is 0. The second kappa shape index (κ2) is 4.16. The lowest BCUT2D eigenvalue weighted by Crippen LogP contribution is -2.46. The predicted octanol–water partition coefficient (Wildman–Crippen LogP) is 1.41. The van der Waals surface area contributed by atoms with Crippen LogP contribution in [0.1, 0.15) is 19.8 Å². The van der Waals surface area contributed by atoms with Gasteiger partial charge >= 0.3 is 6.09 Å². The Morgan fingerprint density at radius 2 is 1.76 bits per heavy atom. The molecule has 0 bridgehead atoms. The summed E-state index contributed by atoms with van der Waals surface area (Å²) in [6.07, 6.45) is 2.06. The molecule has 2 heterocycles. The molecule has 1 saturated carbocycles. The van der Waals surface area contributed by atoms with Crippen molar-refractivity contribution >= 4 is 6.09 Å². The summed E-state index contributed by atoms with van der Waals surface area (Å²) in [5, 5.41) is 0. The van der Waals surface area contributed by atoms with Crippen molar-refractivity contribution in [2.24, 2.45) is 17.8 Å². The van der Waals surface area contributed by atoms with Gasteiger partial charge in [0.1, 0.15) is 0 Å². The molecule has 2 aliphatic heterocycles. The number of ether oxygens (including phenoxy) is 1. The highest BCUT2D eigenvalue weighted by molar-refractivity contribution is 5.67. The van der Waals surface area contributed by atoms with Crippen molar-refractivity contribution in [3.63, 3.8) is 0 Å². The lowest BCUT2D eigenvalue weighted by atomic mass is 10.0. The number of rotatable bonds is 1. The minimum absolute atomic E-state index is 0.165. The molecule has 3 fully saturated rings. The molecule has 0 aromatic carbocycles. The summed E-state index contributed by atoms with van der Waals surface area (Å²) < 4.78 is 4.76. The molecule has 0 spiro atoms. The van der Waals surface area contributed by atoms with E-state index in [4.69, 9.17) is 4.74 Å². The Morgan fingerprint density at radius 3 is 2.29 bits per heavy atom. The molecule has 3 rings (SSSR count). The molecule has 2 unspecified atom stereocenters. The first-order valence-electron chi connectivity index (χ1n) is 6.77. The first-order valence-corrected chi connectivity index (χ1v) is 6.77. The monoisotopic (exact) mass is 238 g/mol. The molecule has 3 aliphatic rings. The van der Waals surface area contributed by atoms with Crippen LogP contribution in [0.25, 0.3) is 0 Å². The lowest BCUT2D eigenvalue weighted by Gasteiger charge is -2.36. The highest BCUT2D eigenvalue weighted by Gasteiger charge is 2.53. The first-order chi connectivity index (χ1) is 8.20. The van der Waals surface area contributed by atoms with Gasteiger partial charge in [-0.2, -0.15) is 0 Å². The third kappa shape index (κ3) is 1.92. The summed E-state index contributed by atoms with van der Waals surface area (Å²) in [7, 11) is 1.46. The third-order valence-electron chi connectivity index (χ3n) is 5.06. The van der Waals surface area contributed by atoms with Crippen molar-refractivity contribution in [2.45, 2.75) is 25.8 Å². The van der Waals surface area contributed by atoms with Crippen molar-refractivity contribution in [1.82, 2.24) is 9.80 Å². The highest BCUT2D eigenvalue weighted by atomic mass is 16.5. The Labute approximate surface area is 103 Å². The molecule has 0 aromatic rings.